The van der Waals surface area contributed by atoms with Gasteiger partial charge in [-0.15, -0.1) is 0 Å². The van der Waals surface area contributed by atoms with E-state index in [2.05, 4.69) is 12.1 Å². The van der Waals surface area contributed by atoms with E-state index in [1.807, 2.05) is 0 Å². The summed E-state index contributed by atoms with van der Waals surface area (Å²) >= 11 is 6.15. The molecule has 0 aliphatic heterocycles. The molecule has 0 saturated carbocycles. The van der Waals surface area contributed by atoms with Crippen molar-refractivity contribution in [2.24, 2.45) is 11.5 Å². The molecule has 0 heterocycles. The number of hydrogen-bond donors (Lipinski definition) is 2. The lowest BCUT2D eigenvalue weighted by atomic mass is 10.0. The molecule has 0 spiro atoms. The van der Waals surface area contributed by atoms with Crippen LogP contribution in [0.15, 0.2) is 12.1 Å². The quantitative estimate of drug-likeness (QED) is 0.782. The monoisotopic (exact) mass is 210 g/mol. The van der Waals surface area contributed by atoms with Gasteiger partial charge in [0.1, 0.15) is 0 Å². The molecule has 0 unspecified atom stereocenters. The summed E-state index contributed by atoms with van der Waals surface area (Å²) in [5.74, 6) is 0. The summed E-state index contributed by atoms with van der Waals surface area (Å²) in [5, 5.41) is 0.767. The number of hydrogen-bond acceptors (Lipinski definition) is 2. The van der Waals surface area contributed by atoms with Gasteiger partial charge >= 0.3 is 0 Å². The first-order valence-corrected chi connectivity index (χ1v) is 5.37. The van der Waals surface area contributed by atoms with Crippen molar-refractivity contribution in [3.8, 4) is 0 Å². The van der Waals surface area contributed by atoms with E-state index in [0.29, 0.717) is 6.54 Å². The molecule has 14 heavy (non-hydrogen) atoms. The highest BCUT2D eigenvalue weighted by molar-refractivity contribution is 6.31. The fourth-order valence-corrected chi connectivity index (χ4v) is 2.35. The first-order chi connectivity index (χ1) is 6.72. The van der Waals surface area contributed by atoms with Crippen molar-refractivity contribution < 1.29 is 0 Å². The molecule has 1 atom stereocenters. The second kappa shape index (κ2) is 3.89. The SMILES string of the molecule is NC[C@H](N)c1cc2c(cc1Cl)CCC2. The van der Waals surface area contributed by atoms with Crippen molar-refractivity contribution in [3.05, 3.63) is 33.8 Å². The summed E-state index contributed by atoms with van der Waals surface area (Å²) in [7, 11) is 0. The van der Waals surface area contributed by atoms with Crippen LogP contribution < -0.4 is 11.5 Å². The summed E-state index contributed by atoms with van der Waals surface area (Å²) in [6.07, 6.45) is 3.52. The van der Waals surface area contributed by atoms with Gasteiger partial charge in [-0.3, -0.25) is 0 Å². The van der Waals surface area contributed by atoms with Crippen molar-refractivity contribution in [2.75, 3.05) is 6.54 Å². The standard InChI is InChI=1S/C11H15ClN2/c12-10-5-8-3-1-2-7(8)4-9(10)11(14)6-13/h4-5,11H,1-3,6,13-14H2/t11-/m0/s1. The van der Waals surface area contributed by atoms with Crippen LogP contribution in [0.3, 0.4) is 0 Å². The van der Waals surface area contributed by atoms with Crippen molar-refractivity contribution in [1.82, 2.24) is 0 Å². The van der Waals surface area contributed by atoms with Gasteiger partial charge in [0.05, 0.1) is 0 Å². The summed E-state index contributed by atoms with van der Waals surface area (Å²) in [4.78, 5) is 0. The molecule has 2 nitrogen and oxygen atoms in total. The van der Waals surface area contributed by atoms with Gasteiger partial charge in [0.15, 0.2) is 0 Å². The van der Waals surface area contributed by atoms with Crippen LogP contribution in [-0.2, 0) is 12.8 Å². The topological polar surface area (TPSA) is 52.0 Å². The lowest BCUT2D eigenvalue weighted by Crippen LogP contribution is -2.21. The molecule has 0 fully saturated rings. The summed E-state index contributed by atoms with van der Waals surface area (Å²) in [6, 6.07) is 4.05. The average Bonchev–Trinajstić information content (AvgIpc) is 2.62. The van der Waals surface area contributed by atoms with E-state index in [-0.39, 0.29) is 6.04 Å². The van der Waals surface area contributed by atoms with E-state index in [4.69, 9.17) is 23.1 Å². The highest BCUT2D eigenvalue weighted by atomic mass is 35.5. The van der Waals surface area contributed by atoms with Crippen LogP contribution in [0.25, 0.3) is 0 Å². The molecule has 2 rings (SSSR count). The fourth-order valence-electron chi connectivity index (χ4n) is 2.02. The molecule has 1 aromatic carbocycles. The van der Waals surface area contributed by atoms with Crippen molar-refractivity contribution >= 4 is 11.6 Å². The molecular formula is C11H15ClN2. The number of nitrogens with two attached hydrogens (primary N) is 2. The number of fused-ring (bicyclic) bond motifs is 1. The van der Waals surface area contributed by atoms with Crippen LogP contribution in [0.5, 0.6) is 0 Å². The zero-order chi connectivity index (χ0) is 10.1. The lowest BCUT2D eigenvalue weighted by molar-refractivity contribution is 0.736. The lowest BCUT2D eigenvalue weighted by Gasteiger charge is -2.13. The Bertz CT molecular complexity index is 349. The molecule has 1 aliphatic carbocycles. The minimum Gasteiger partial charge on any atom is -0.329 e. The highest BCUT2D eigenvalue weighted by Gasteiger charge is 2.16. The molecular weight excluding hydrogens is 196 g/mol. The van der Waals surface area contributed by atoms with E-state index < -0.39 is 0 Å². The third-order valence-corrected chi connectivity index (χ3v) is 3.19. The van der Waals surface area contributed by atoms with E-state index >= 15 is 0 Å². The third-order valence-electron chi connectivity index (χ3n) is 2.86. The summed E-state index contributed by atoms with van der Waals surface area (Å²) < 4.78 is 0. The summed E-state index contributed by atoms with van der Waals surface area (Å²) in [6.45, 7) is 0.443. The van der Waals surface area contributed by atoms with Gasteiger partial charge in [0.2, 0.25) is 0 Å². The van der Waals surface area contributed by atoms with Crippen LogP contribution in [-0.4, -0.2) is 6.54 Å². The van der Waals surface area contributed by atoms with Crippen molar-refractivity contribution in [3.63, 3.8) is 0 Å². The second-order valence-electron chi connectivity index (χ2n) is 3.84. The Morgan fingerprint density at radius 1 is 1.29 bits per heavy atom. The minimum absolute atomic E-state index is 0.131. The Balaban J connectivity index is 2.42. The van der Waals surface area contributed by atoms with Crippen LogP contribution in [0.1, 0.15) is 29.2 Å². The van der Waals surface area contributed by atoms with Crippen LogP contribution in [0, 0.1) is 0 Å². The molecule has 0 saturated heterocycles. The number of aryl methyl sites for hydroxylation is 2. The third kappa shape index (κ3) is 1.65. The Morgan fingerprint density at radius 3 is 2.57 bits per heavy atom. The molecule has 3 heteroatoms. The van der Waals surface area contributed by atoms with Gasteiger partial charge in [0, 0.05) is 17.6 Å². The maximum absolute atomic E-state index is 6.15. The molecule has 0 amide bonds. The van der Waals surface area contributed by atoms with E-state index in [1.165, 1.54) is 17.5 Å². The summed E-state index contributed by atoms with van der Waals surface area (Å²) in [5.41, 5.74) is 15.2. The predicted octanol–water partition coefficient (Wildman–Crippen LogP) is 1.79. The number of halogens is 1. The minimum atomic E-state index is -0.131. The maximum Gasteiger partial charge on any atom is 0.0457 e. The first-order valence-electron chi connectivity index (χ1n) is 4.99. The molecule has 1 aromatic rings. The number of benzene rings is 1. The molecule has 76 valence electrons. The van der Waals surface area contributed by atoms with Crippen molar-refractivity contribution in [1.29, 1.82) is 0 Å². The number of rotatable bonds is 2. The molecule has 0 aromatic heterocycles. The molecule has 1 aliphatic rings. The van der Waals surface area contributed by atoms with Crippen LogP contribution in [0.2, 0.25) is 5.02 Å². The van der Waals surface area contributed by atoms with E-state index in [0.717, 1.165) is 23.4 Å². The first kappa shape index (κ1) is 9.97. The largest absolute Gasteiger partial charge is 0.329 e. The molecule has 4 N–H and O–H groups in total. The highest BCUT2D eigenvalue weighted by Crippen LogP contribution is 2.30. The van der Waals surface area contributed by atoms with Crippen molar-refractivity contribution in [2.45, 2.75) is 25.3 Å². The molecule has 0 radical (unpaired) electrons. The zero-order valence-electron chi connectivity index (χ0n) is 8.09. The van der Waals surface area contributed by atoms with Gasteiger partial charge in [-0.05, 0) is 42.0 Å². The van der Waals surface area contributed by atoms with Gasteiger partial charge < -0.3 is 11.5 Å². The van der Waals surface area contributed by atoms with Gasteiger partial charge in [0.25, 0.3) is 0 Å². The van der Waals surface area contributed by atoms with Gasteiger partial charge in [-0.25, -0.2) is 0 Å². The van der Waals surface area contributed by atoms with Crippen LogP contribution >= 0.6 is 11.6 Å². The van der Waals surface area contributed by atoms with E-state index in [9.17, 15) is 0 Å². The Morgan fingerprint density at radius 2 is 1.93 bits per heavy atom. The zero-order valence-corrected chi connectivity index (χ0v) is 8.85. The Hall–Kier alpha value is -0.570. The molecule has 0 bridgehead atoms. The van der Waals surface area contributed by atoms with Gasteiger partial charge in [-0.1, -0.05) is 17.7 Å². The van der Waals surface area contributed by atoms with Crippen LogP contribution in [0.4, 0.5) is 0 Å². The normalized spacial score (nSPS) is 16.8. The fraction of sp³-hybridized carbons (Fsp3) is 0.455. The Labute approximate surface area is 89.2 Å². The second-order valence-corrected chi connectivity index (χ2v) is 4.25. The van der Waals surface area contributed by atoms with Gasteiger partial charge in [-0.2, -0.15) is 0 Å². The maximum atomic E-state index is 6.15. The Kier molecular flexibility index (Phi) is 2.77. The smallest absolute Gasteiger partial charge is 0.0457 e. The predicted molar refractivity (Wildman–Crippen MR) is 59.5 cm³/mol. The average molecular weight is 211 g/mol. The van der Waals surface area contributed by atoms with E-state index in [1.54, 1.807) is 0 Å².